The van der Waals surface area contributed by atoms with Gasteiger partial charge in [-0.25, -0.2) is 4.79 Å². The van der Waals surface area contributed by atoms with E-state index in [1.807, 2.05) is 0 Å². The van der Waals surface area contributed by atoms with Gasteiger partial charge in [0.15, 0.2) is 11.5 Å². The molecule has 21 heavy (non-hydrogen) atoms. The zero-order chi connectivity index (χ0) is 15.6. The highest BCUT2D eigenvalue weighted by Gasteiger charge is 2.19. The van der Waals surface area contributed by atoms with E-state index in [0.29, 0.717) is 0 Å². The van der Waals surface area contributed by atoms with Crippen LogP contribution in [-0.4, -0.2) is 24.6 Å². The lowest BCUT2D eigenvalue weighted by Gasteiger charge is -2.09. The molecular weight excluding hydrogens is 296 g/mol. The second-order valence-corrected chi connectivity index (χ2v) is 5.88. The number of hydrogen-bond donors (Lipinski definition) is 2. The first-order valence-corrected chi connectivity index (χ1v) is 7.28. The van der Waals surface area contributed by atoms with Crippen LogP contribution in [0.5, 0.6) is 11.5 Å². The van der Waals surface area contributed by atoms with E-state index in [2.05, 4.69) is 0 Å². The first kappa shape index (κ1) is 14.9. The molecule has 2 N–H and O–H groups in total. The van der Waals surface area contributed by atoms with E-state index in [1.54, 1.807) is 19.1 Å². The molecule has 0 aliphatic rings. The number of phenolic OH excluding ortho intramolecular Hbond substituents is 1. The minimum absolute atomic E-state index is 0.0896. The molecule has 2 aromatic carbocycles. The van der Waals surface area contributed by atoms with Gasteiger partial charge in [-0.1, -0.05) is 17.7 Å². The largest absolute Gasteiger partial charge is 0.504 e. The fourth-order valence-electron chi connectivity index (χ4n) is 1.59. The Bertz CT molecular complexity index is 778. The third-order valence-electron chi connectivity index (χ3n) is 2.72. The Morgan fingerprint density at radius 3 is 2.29 bits per heavy atom. The van der Waals surface area contributed by atoms with Crippen molar-refractivity contribution in [3.05, 3.63) is 53.6 Å². The zero-order valence-electron chi connectivity index (χ0n) is 11.0. The number of benzene rings is 2. The summed E-state index contributed by atoms with van der Waals surface area (Å²) in [5.74, 6) is -2.15. The van der Waals surface area contributed by atoms with Gasteiger partial charge in [0.1, 0.15) is 4.90 Å². The average molecular weight is 308 g/mol. The molecule has 0 aliphatic heterocycles. The van der Waals surface area contributed by atoms with Gasteiger partial charge >= 0.3 is 16.1 Å². The molecule has 0 saturated heterocycles. The Morgan fingerprint density at radius 2 is 1.71 bits per heavy atom. The molecule has 0 bridgehead atoms. The minimum Gasteiger partial charge on any atom is -0.504 e. The summed E-state index contributed by atoms with van der Waals surface area (Å²) in [5.41, 5.74) is 0.687. The predicted octanol–water partition coefficient (Wildman–Crippen LogP) is 2.17. The Kier molecular flexibility index (Phi) is 3.86. The number of aryl methyl sites for hydroxylation is 1. The topological polar surface area (TPSA) is 101 Å². The lowest BCUT2D eigenvalue weighted by molar-refractivity contribution is 0.0696. The fraction of sp³-hybridized carbons (Fsp3) is 0.0714. The number of aromatic hydroxyl groups is 1. The van der Waals surface area contributed by atoms with Crippen molar-refractivity contribution in [1.29, 1.82) is 0 Å². The molecule has 0 heterocycles. The highest BCUT2D eigenvalue weighted by Crippen LogP contribution is 2.29. The van der Waals surface area contributed by atoms with Crippen LogP contribution in [0.4, 0.5) is 0 Å². The van der Waals surface area contributed by atoms with Crippen LogP contribution < -0.4 is 4.18 Å². The summed E-state index contributed by atoms with van der Waals surface area (Å²) in [5, 5.41) is 18.4. The van der Waals surface area contributed by atoms with Gasteiger partial charge in [0.25, 0.3) is 0 Å². The van der Waals surface area contributed by atoms with Gasteiger partial charge in [-0.15, -0.1) is 0 Å². The molecule has 0 radical (unpaired) electrons. The van der Waals surface area contributed by atoms with Gasteiger partial charge in [0.2, 0.25) is 0 Å². The van der Waals surface area contributed by atoms with Crippen LogP contribution in [0, 0.1) is 6.92 Å². The second-order valence-electron chi connectivity index (χ2n) is 4.34. The maximum atomic E-state index is 12.1. The molecule has 0 unspecified atom stereocenters. The monoisotopic (exact) mass is 308 g/mol. The van der Waals surface area contributed by atoms with E-state index in [1.165, 1.54) is 12.1 Å². The van der Waals surface area contributed by atoms with Crippen LogP contribution in [0.1, 0.15) is 15.9 Å². The molecule has 0 amide bonds. The summed E-state index contributed by atoms with van der Waals surface area (Å²) < 4.78 is 28.9. The fourth-order valence-corrected chi connectivity index (χ4v) is 2.52. The Hall–Kier alpha value is -2.54. The normalized spacial score (nSPS) is 11.1. The summed E-state index contributed by atoms with van der Waals surface area (Å²) in [6, 6.07) is 9.08. The van der Waals surface area contributed by atoms with Gasteiger partial charge in [0, 0.05) is 6.07 Å². The number of hydrogen-bond acceptors (Lipinski definition) is 5. The smallest absolute Gasteiger partial charge is 0.339 e. The molecule has 2 aromatic rings. The highest BCUT2D eigenvalue weighted by molar-refractivity contribution is 7.87. The predicted molar refractivity (Wildman–Crippen MR) is 74.1 cm³/mol. The molecule has 6 nitrogen and oxygen atoms in total. The maximum absolute atomic E-state index is 12.1. The van der Waals surface area contributed by atoms with Gasteiger partial charge < -0.3 is 14.4 Å². The number of phenols is 1. The average Bonchev–Trinajstić information content (AvgIpc) is 2.41. The van der Waals surface area contributed by atoms with Crippen LogP contribution >= 0.6 is 0 Å². The van der Waals surface area contributed by atoms with Crippen molar-refractivity contribution in [2.75, 3.05) is 0 Å². The van der Waals surface area contributed by atoms with E-state index in [-0.39, 0.29) is 10.5 Å². The van der Waals surface area contributed by atoms with Crippen LogP contribution in [0.2, 0.25) is 0 Å². The second kappa shape index (κ2) is 5.45. The molecule has 0 aromatic heterocycles. The summed E-state index contributed by atoms with van der Waals surface area (Å²) in [4.78, 5) is 10.8. The van der Waals surface area contributed by atoms with Crippen LogP contribution in [-0.2, 0) is 10.1 Å². The van der Waals surface area contributed by atoms with Crippen molar-refractivity contribution in [3.63, 3.8) is 0 Å². The van der Waals surface area contributed by atoms with Crippen molar-refractivity contribution in [1.82, 2.24) is 0 Å². The highest BCUT2D eigenvalue weighted by atomic mass is 32.2. The van der Waals surface area contributed by atoms with Gasteiger partial charge in [-0.3, -0.25) is 0 Å². The molecular formula is C14H12O6S. The van der Waals surface area contributed by atoms with Crippen LogP contribution in [0.3, 0.4) is 0 Å². The van der Waals surface area contributed by atoms with Gasteiger partial charge in [0.05, 0.1) is 5.56 Å². The number of rotatable bonds is 4. The molecule has 0 saturated carbocycles. The van der Waals surface area contributed by atoms with E-state index in [4.69, 9.17) is 9.29 Å². The maximum Gasteiger partial charge on any atom is 0.339 e. The lowest BCUT2D eigenvalue weighted by atomic mass is 10.2. The Morgan fingerprint density at radius 1 is 1.10 bits per heavy atom. The minimum atomic E-state index is -4.15. The molecule has 0 spiro atoms. The summed E-state index contributed by atoms with van der Waals surface area (Å²) >= 11 is 0. The van der Waals surface area contributed by atoms with Crippen molar-refractivity contribution in [2.24, 2.45) is 0 Å². The van der Waals surface area contributed by atoms with E-state index in [9.17, 15) is 18.3 Å². The summed E-state index contributed by atoms with van der Waals surface area (Å²) in [6.07, 6.45) is 0. The summed E-state index contributed by atoms with van der Waals surface area (Å²) in [6.45, 7) is 1.80. The molecule has 2 rings (SSSR count). The first-order valence-electron chi connectivity index (χ1n) is 5.87. The molecule has 0 atom stereocenters. The lowest BCUT2D eigenvalue weighted by Crippen LogP contribution is -2.10. The van der Waals surface area contributed by atoms with Crippen LogP contribution in [0.25, 0.3) is 0 Å². The number of carboxylic acid groups (broad SMARTS) is 1. The SMILES string of the molecule is Cc1ccc(S(=O)(=O)Oc2cc(C(=O)O)ccc2O)cc1. The Balaban J connectivity index is 2.38. The molecule has 0 aliphatic carbocycles. The molecule has 7 heteroatoms. The molecule has 0 fully saturated rings. The number of aromatic carboxylic acids is 1. The van der Waals surface area contributed by atoms with Gasteiger partial charge in [-0.05, 0) is 31.2 Å². The third-order valence-corrected chi connectivity index (χ3v) is 3.96. The third kappa shape index (κ3) is 3.32. The van der Waals surface area contributed by atoms with E-state index < -0.39 is 27.6 Å². The molecule has 110 valence electrons. The first-order chi connectivity index (χ1) is 9.79. The Labute approximate surface area is 121 Å². The zero-order valence-corrected chi connectivity index (χ0v) is 11.8. The standard InChI is InChI=1S/C14H12O6S/c1-9-2-5-11(6-3-9)21(18,19)20-13-8-10(14(16)17)4-7-12(13)15/h2-8,15H,1H3,(H,16,17). The number of carboxylic acids is 1. The van der Waals surface area contributed by atoms with E-state index >= 15 is 0 Å². The van der Waals surface area contributed by atoms with Crippen molar-refractivity contribution >= 4 is 16.1 Å². The van der Waals surface area contributed by atoms with Crippen molar-refractivity contribution < 1.29 is 27.6 Å². The summed E-state index contributed by atoms with van der Waals surface area (Å²) in [7, 11) is -4.15. The van der Waals surface area contributed by atoms with Crippen LogP contribution in [0.15, 0.2) is 47.4 Å². The quantitative estimate of drug-likeness (QED) is 0.839. The number of carbonyl (C=O) groups is 1. The van der Waals surface area contributed by atoms with Crippen molar-refractivity contribution in [3.8, 4) is 11.5 Å². The van der Waals surface area contributed by atoms with Gasteiger partial charge in [-0.2, -0.15) is 8.42 Å². The van der Waals surface area contributed by atoms with Crippen molar-refractivity contribution in [2.45, 2.75) is 11.8 Å². The van der Waals surface area contributed by atoms with E-state index in [0.717, 1.165) is 23.8 Å².